The molecule has 1 aromatic carbocycles. The van der Waals surface area contributed by atoms with Crippen molar-refractivity contribution in [1.29, 1.82) is 0 Å². The maximum absolute atomic E-state index is 12.9. The van der Waals surface area contributed by atoms with Crippen LogP contribution in [0.15, 0.2) is 30.3 Å². The number of nitrogens with zero attached hydrogens (tertiary/aromatic N) is 1. The van der Waals surface area contributed by atoms with Crippen molar-refractivity contribution >= 4 is 29.7 Å². The van der Waals surface area contributed by atoms with Crippen LogP contribution >= 0.6 is 11.8 Å². The molecule has 1 aliphatic rings. The summed E-state index contributed by atoms with van der Waals surface area (Å²) in [5.74, 6) is 0.492. The predicted octanol–water partition coefficient (Wildman–Crippen LogP) is 2.66. The van der Waals surface area contributed by atoms with Gasteiger partial charge in [0.2, 0.25) is 11.8 Å². The van der Waals surface area contributed by atoms with Gasteiger partial charge >= 0.3 is 0 Å². The van der Waals surface area contributed by atoms with E-state index in [4.69, 9.17) is 0 Å². The molecule has 0 radical (unpaired) electrons. The highest BCUT2D eigenvalue weighted by molar-refractivity contribution is 7.99. The van der Waals surface area contributed by atoms with Crippen LogP contribution in [0.4, 0.5) is 4.39 Å². The molecule has 2 atom stereocenters. The van der Waals surface area contributed by atoms with Crippen molar-refractivity contribution in [2.24, 2.45) is 0 Å². The first kappa shape index (κ1) is 17.5. The smallest absolute Gasteiger partial charge is 0.247 e. The molecule has 1 aliphatic heterocycles. The molecule has 2 rings (SSSR count). The number of carbonyl (C=O) groups excluding carboxylic acids is 2. The van der Waals surface area contributed by atoms with E-state index >= 15 is 0 Å². The molecule has 0 spiro atoms. The number of nitrogens with one attached hydrogen (secondary N) is 1. The number of benzene rings is 1. The average Bonchev–Trinajstić information content (AvgIpc) is 3.03. The third-order valence-electron chi connectivity index (χ3n) is 3.76. The molecule has 1 heterocycles. The molecule has 124 valence electrons. The number of hydrogen-bond acceptors (Lipinski definition) is 3. The van der Waals surface area contributed by atoms with E-state index in [9.17, 15) is 14.0 Å². The molecule has 4 nitrogen and oxygen atoms in total. The maximum Gasteiger partial charge on any atom is 0.247 e. The van der Waals surface area contributed by atoms with Crippen LogP contribution in [0.25, 0.3) is 6.08 Å². The lowest BCUT2D eigenvalue weighted by Gasteiger charge is -2.23. The average molecular weight is 336 g/mol. The minimum absolute atomic E-state index is 0.0970. The van der Waals surface area contributed by atoms with E-state index in [0.717, 1.165) is 12.0 Å². The Morgan fingerprint density at radius 2 is 2.13 bits per heavy atom. The van der Waals surface area contributed by atoms with Gasteiger partial charge in [-0.3, -0.25) is 9.59 Å². The lowest BCUT2D eigenvalue weighted by molar-refractivity contribution is -0.135. The number of carbonyl (C=O) groups is 2. The van der Waals surface area contributed by atoms with Crippen LogP contribution in [0.1, 0.15) is 25.8 Å². The van der Waals surface area contributed by atoms with Crippen molar-refractivity contribution in [3.63, 3.8) is 0 Å². The summed E-state index contributed by atoms with van der Waals surface area (Å²) in [7, 11) is 0. The van der Waals surface area contributed by atoms with Gasteiger partial charge in [0.05, 0.1) is 5.88 Å². The van der Waals surface area contributed by atoms with Crippen molar-refractivity contribution in [2.45, 2.75) is 32.4 Å². The largest absolute Gasteiger partial charge is 0.352 e. The Bertz CT molecular complexity index is 589. The second-order valence-corrected chi connectivity index (χ2v) is 6.53. The molecule has 2 amide bonds. The fraction of sp³-hybridized carbons (Fsp3) is 0.412. The lowest BCUT2D eigenvalue weighted by atomic mass is 10.2. The number of thioether (sulfide) groups is 1. The van der Waals surface area contributed by atoms with Gasteiger partial charge < -0.3 is 10.2 Å². The second-order valence-electron chi connectivity index (χ2n) is 5.53. The molecule has 1 aromatic rings. The SMILES string of the molecule is CCC(C)NC(=O)C1CSCN1C(=O)/C=C/c1ccc(F)cc1. The van der Waals surface area contributed by atoms with E-state index in [1.165, 1.54) is 18.2 Å². The van der Waals surface area contributed by atoms with Gasteiger partial charge in [0.1, 0.15) is 11.9 Å². The lowest BCUT2D eigenvalue weighted by Crippen LogP contribution is -2.48. The normalized spacial score (nSPS) is 19.1. The monoisotopic (exact) mass is 336 g/mol. The molecule has 1 fully saturated rings. The van der Waals surface area contributed by atoms with Crippen LogP contribution in [0, 0.1) is 5.82 Å². The van der Waals surface area contributed by atoms with Gasteiger partial charge in [-0.05, 0) is 37.1 Å². The van der Waals surface area contributed by atoms with Crippen LogP contribution in [0.3, 0.4) is 0 Å². The van der Waals surface area contributed by atoms with Gasteiger partial charge in [-0.2, -0.15) is 0 Å². The van der Waals surface area contributed by atoms with Crippen molar-refractivity contribution in [1.82, 2.24) is 10.2 Å². The summed E-state index contributed by atoms with van der Waals surface area (Å²) in [6.07, 6.45) is 3.92. The highest BCUT2D eigenvalue weighted by Crippen LogP contribution is 2.22. The molecule has 2 unspecified atom stereocenters. The van der Waals surface area contributed by atoms with Crippen LogP contribution < -0.4 is 5.32 Å². The van der Waals surface area contributed by atoms with Gasteiger partial charge in [-0.15, -0.1) is 11.8 Å². The van der Waals surface area contributed by atoms with E-state index in [1.54, 1.807) is 34.9 Å². The van der Waals surface area contributed by atoms with Gasteiger partial charge in [-0.25, -0.2) is 4.39 Å². The van der Waals surface area contributed by atoms with E-state index < -0.39 is 6.04 Å². The van der Waals surface area contributed by atoms with Gasteiger partial charge in [0, 0.05) is 17.9 Å². The van der Waals surface area contributed by atoms with Gasteiger partial charge in [-0.1, -0.05) is 19.1 Å². The van der Waals surface area contributed by atoms with E-state index in [2.05, 4.69) is 5.32 Å². The molecular weight excluding hydrogens is 315 g/mol. The van der Waals surface area contributed by atoms with E-state index in [1.807, 2.05) is 13.8 Å². The highest BCUT2D eigenvalue weighted by atomic mass is 32.2. The molecule has 0 aliphatic carbocycles. The minimum atomic E-state index is -0.431. The third-order valence-corrected chi connectivity index (χ3v) is 4.77. The summed E-state index contributed by atoms with van der Waals surface area (Å²) in [6, 6.07) is 5.56. The maximum atomic E-state index is 12.9. The van der Waals surface area contributed by atoms with Crippen molar-refractivity contribution in [2.75, 3.05) is 11.6 Å². The fourth-order valence-corrected chi connectivity index (χ4v) is 3.32. The fourth-order valence-electron chi connectivity index (χ4n) is 2.16. The number of rotatable bonds is 5. The molecule has 1 N–H and O–H groups in total. The Balaban J connectivity index is 2.00. The molecule has 6 heteroatoms. The summed E-state index contributed by atoms with van der Waals surface area (Å²) in [4.78, 5) is 26.2. The molecule has 1 saturated heterocycles. The summed E-state index contributed by atoms with van der Waals surface area (Å²) in [6.45, 7) is 3.95. The van der Waals surface area contributed by atoms with Crippen LogP contribution in [-0.4, -0.2) is 40.4 Å². The Morgan fingerprint density at radius 3 is 2.78 bits per heavy atom. The molecular formula is C17H21FN2O2S. The van der Waals surface area contributed by atoms with Crippen molar-refractivity contribution in [3.8, 4) is 0 Å². The number of halogens is 1. The van der Waals surface area contributed by atoms with Crippen molar-refractivity contribution in [3.05, 3.63) is 41.7 Å². The third kappa shape index (κ3) is 4.82. The quantitative estimate of drug-likeness (QED) is 0.841. The highest BCUT2D eigenvalue weighted by Gasteiger charge is 2.33. The molecule has 23 heavy (non-hydrogen) atoms. The summed E-state index contributed by atoms with van der Waals surface area (Å²) >= 11 is 1.57. The zero-order chi connectivity index (χ0) is 16.8. The number of hydrogen-bond donors (Lipinski definition) is 1. The number of amides is 2. The topological polar surface area (TPSA) is 49.4 Å². The van der Waals surface area contributed by atoms with E-state index in [-0.39, 0.29) is 23.7 Å². The standard InChI is InChI=1S/C17H21FN2O2S/c1-3-12(2)19-17(22)15-10-23-11-20(15)16(21)9-6-13-4-7-14(18)8-5-13/h4-9,12,15H,3,10-11H2,1-2H3,(H,19,22)/b9-6+. The first-order valence-corrected chi connectivity index (χ1v) is 8.79. The van der Waals surface area contributed by atoms with E-state index in [0.29, 0.717) is 11.6 Å². The van der Waals surface area contributed by atoms with Crippen LogP contribution in [0.5, 0.6) is 0 Å². The van der Waals surface area contributed by atoms with Crippen LogP contribution in [-0.2, 0) is 9.59 Å². The first-order valence-electron chi connectivity index (χ1n) is 7.63. The zero-order valence-electron chi connectivity index (χ0n) is 13.3. The first-order chi connectivity index (χ1) is 11.0. The Hall–Kier alpha value is -1.82. The summed E-state index contributed by atoms with van der Waals surface area (Å²) in [5.41, 5.74) is 0.743. The van der Waals surface area contributed by atoms with Crippen molar-refractivity contribution < 1.29 is 14.0 Å². The molecule has 0 saturated carbocycles. The van der Waals surface area contributed by atoms with Crippen LogP contribution in [0.2, 0.25) is 0 Å². The Morgan fingerprint density at radius 1 is 1.43 bits per heavy atom. The zero-order valence-corrected chi connectivity index (χ0v) is 14.1. The van der Waals surface area contributed by atoms with Gasteiger partial charge in [0.25, 0.3) is 0 Å². The Labute approximate surface area is 140 Å². The molecule has 0 aromatic heterocycles. The molecule has 0 bridgehead atoms. The second kappa shape index (κ2) is 8.15. The summed E-state index contributed by atoms with van der Waals surface area (Å²) in [5, 5.41) is 2.92. The minimum Gasteiger partial charge on any atom is -0.352 e. The predicted molar refractivity (Wildman–Crippen MR) is 91.3 cm³/mol. The summed E-state index contributed by atoms with van der Waals surface area (Å²) < 4.78 is 12.9. The Kier molecular flexibility index (Phi) is 6.21. The van der Waals surface area contributed by atoms with Gasteiger partial charge in [0.15, 0.2) is 0 Å².